The van der Waals surface area contributed by atoms with E-state index in [4.69, 9.17) is 5.73 Å². The van der Waals surface area contributed by atoms with E-state index < -0.39 is 0 Å². The Morgan fingerprint density at radius 1 is 1.28 bits per heavy atom. The summed E-state index contributed by atoms with van der Waals surface area (Å²) >= 11 is 0. The van der Waals surface area contributed by atoms with Crippen LogP contribution in [0.4, 0.5) is 0 Å². The quantitative estimate of drug-likeness (QED) is 0.824. The van der Waals surface area contributed by atoms with Crippen molar-refractivity contribution in [2.75, 3.05) is 0 Å². The smallest absolute Gasteiger partial charge is 0.165 e. The molecule has 2 rings (SSSR count). The fourth-order valence-corrected chi connectivity index (χ4v) is 2.94. The Balaban J connectivity index is 2.05. The molecule has 0 aliphatic heterocycles. The van der Waals surface area contributed by atoms with Crippen molar-refractivity contribution in [1.29, 1.82) is 0 Å². The highest BCUT2D eigenvalue weighted by molar-refractivity contribution is 5.97. The molecule has 2 atom stereocenters. The number of benzene rings is 1. The van der Waals surface area contributed by atoms with Gasteiger partial charge in [0.25, 0.3) is 0 Å². The first-order valence-corrected chi connectivity index (χ1v) is 7.07. The number of nitrogens with two attached hydrogens (primary N) is 1. The molecule has 2 N–H and O–H groups in total. The fraction of sp³-hybridized carbons (Fsp3) is 0.562. The molecule has 0 saturated heterocycles. The van der Waals surface area contributed by atoms with E-state index in [0.29, 0.717) is 12.3 Å². The van der Waals surface area contributed by atoms with Crippen molar-refractivity contribution in [3.63, 3.8) is 0 Å². The van der Waals surface area contributed by atoms with Crippen LogP contribution in [-0.2, 0) is 6.54 Å². The lowest BCUT2D eigenvalue weighted by Gasteiger charge is -2.27. The summed E-state index contributed by atoms with van der Waals surface area (Å²) in [6.45, 7) is 2.77. The van der Waals surface area contributed by atoms with Crippen molar-refractivity contribution < 1.29 is 4.79 Å². The molecule has 1 aliphatic rings. The lowest BCUT2D eigenvalue weighted by molar-refractivity contribution is 0.0862. The van der Waals surface area contributed by atoms with Crippen LogP contribution >= 0.6 is 0 Å². The molecule has 2 unspecified atom stereocenters. The maximum absolute atomic E-state index is 12.4. The molecule has 1 saturated carbocycles. The van der Waals surface area contributed by atoms with Crippen LogP contribution in [0.5, 0.6) is 0 Å². The van der Waals surface area contributed by atoms with Crippen molar-refractivity contribution in [3.8, 4) is 0 Å². The summed E-state index contributed by atoms with van der Waals surface area (Å²) in [7, 11) is 0. The molecule has 18 heavy (non-hydrogen) atoms. The first kappa shape index (κ1) is 13.3. The number of hydrogen-bond donors (Lipinski definition) is 1. The number of Topliss-reactive ketones (excluding diaryl/α,β-unsaturated/α-hetero) is 1. The molecule has 0 aromatic heterocycles. The summed E-state index contributed by atoms with van der Waals surface area (Å²) in [4.78, 5) is 12.4. The zero-order valence-corrected chi connectivity index (χ0v) is 11.2. The van der Waals surface area contributed by atoms with Gasteiger partial charge < -0.3 is 5.73 Å². The molecule has 0 bridgehead atoms. The van der Waals surface area contributed by atoms with Gasteiger partial charge in [-0.3, -0.25) is 4.79 Å². The maximum Gasteiger partial charge on any atom is 0.165 e. The Morgan fingerprint density at radius 3 is 2.61 bits per heavy atom. The van der Waals surface area contributed by atoms with E-state index in [2.05, 4.69) is 6.92 Å². The molecule has 98 valence electrons. The molecule has 2 heteroatoms. The lowest BCUT2D eigenvalue weighted by atomic mass is 9.77. The van der Waals surface area contributed by atoms with Crippen molar-refractivity contribution in [2.45, 2.75) is 45.6 Å². The predicted molar refractivity (Wildman–Crippen MR) is 74.4 cm³/mol. The topological polar surface area (TPSA) is 43.1 Å². The maximum atomic E-state index is 12.4. The van der Waals surface area contributed by atoms with Gasteiger partial charge in [0.2, 0.25) is 0 Å². The van der Waals surface area contributed by atoms with Crippen molar-refractivity contribution in [2.24, 2.45) is 17.6 Å². The summed E-state index contributed by atoms with van der Waals surface area (Å²) in [6, 6.07) is 7.79. The van der Waals surface area contributed by atoms with Gasteiger partial charge in [-0.15, -0.1) is 0 Å². The van der Waals surface area contributed by atoms with Crippen molar-refractivity contribution in [3.05, 3.63) is 35.4 Å². The van der Waals surface area contributed by atoms with Crippen molar-refractivity contribution in [1.82, 2.24) is 0 Å². The average molecular weight is 245 g/mol. The van der Waals surface area contributed by atoms with Gasteiger partial charge in [-0.2, -0.15) is 0 Å². The van der Waals surface area contributed by atoms with Crippen molar-refractivity contribution >= 4 is 5.78 Å². The largest absolute Gasteiger partial charge is 0.326 e. The molecule has 2 nitrogen and oxygen atoms in total. The summed E-state index contributed by atoms with van der Waals surface area (Å²) in [5.41, 5.74) is 7.51. The Kier molecular flexibility index (Phi) is 4.54. The van der Waals surface area contributed by atoms with E-state index in [1.165, 1.54) is 19.3 Å². The molecule has 0 amide bonds. The zero-order valence-electron chi connectivity index (χ0n) is 11.2. The Hall–Kier alpha value is -1.15. The Morgan fingerprint density at radius 2 is 2.00 bits per heavy atom. The number of carbonyl (C=O) groups is 1. The van der Waals surface area contributed by atoms with Crippen LogP contribution in [-0.4, -0.2) is 5.78 Å². The summed E-state index contributed by atoms with van der Waals surface area (Å²) in [5, 5.41) is 0. The molecule has 1 aromatic carbocycles. The van der Waals surface area contributed by atoms with E-state index in [1.807, 2.05) is 24.3 Å². The zero-order chi connectivity index (χ0) is 13.0. The van der Waals surface area contributed by atoms with Gasteiger partial charge in [0.15, 0.2) is 5.78 Å². The third-order valence-corrected chi connectivity index (χ3v) is 4.21. The molecular formula is C16H23NO. The second-order valence-electron chi connectivity index (χ2n) is 5.40. The molecule has 1 fully saturated rings. The van der Waals surface area contributed by atoms with E-state index >= 15 is 0 Å². The average Bonchev–Trinajstić information content (AvgIpc) is 2.46. The first-order chi connectivity index (χ1) is 8.74. The SMILES string of the molecule is CCC1CCCC(C(=O)c2ccc(CN)cc2)C1. The Bertz CT molecular complexity index is 396. The van der Waals surface area contributed by atoms with E-state index in [0.717, 1.165) is 29.9 Å². The van der Waals surface area contributed by atoms with E-state index in [1.54, 1.807) is 0 Å². The minimum atomic E-state index is 0.243. The third kappa shape index (κ3) is 2.99. The minimum Gasteiger partial charge on any atom is -0.326 e. The summed E-state index contributed by atoms with van der Waals surface area (Å²) in [5.74, 6) is 1.32. The number of carbonyl (C=O) groups excluding carboxylic acids is 1. The molecule has 1 aliphatic carbocycles. The number of rotatable bonds is 4. The molecule has 0 spiro atoms. The lowest BCUT2D eigenvalue weighted by Crippen LogP contribution is -2.22. The second kappa shape index (κ2) is 6.14. The predicted octanol–water partition coefficient (Wildman–Crippen LogP) is 3.54. The van der Waals surface area contributed by atoms with Gasteiger partial charge in [0.05, 0.1) is 0 Å². The monoisotopic (exact) mass is 245 g/mol. The highest BCUT2D eigenvalue weighted by Gasteiger charge is 2.26. The summed E-state index contributed by atoms with van der Waals surface area (Å²) < 4.78 is 0. The normalized spacial score (nSPS) is 23.9. The molecule has 0 heterocycles. The van der Waals surface area contributed by atoms with Gasteiger partial charge in [-0.25, -0.2) is 0 Å². The second-order valence-corrected chi connectivity index (χ2v) is 5.40. The van der Waals surface area contributed by atoms with Gasteiger partial charge in [0.1, 0.15) is 0 Å². The fourth-order valence-electron chi connectivity index (χ4n) is 2.94. The van der Waals surface area contributed by atoms with Crippen LogP contribution in [0.2, 0.25) is 0 Å². The standard InChI is InChI=1S/C16H23NO/c1-2-12-4-3-5-15(10-12)16(18)14-8-6-13(11-17)7-9-14/h6-9,12,15H,2-5,10-11,17H2,1H3. The number of hydrogen-bond acceptors (Lipinski definition) is 2. The highest BCUT2D eigenvalue weighted by Crippen LogP contribution is 2.32. The van der Waals surface area contributed by atoms with Crippen LogP contribution in [0.3, 0.4) is 0 Å². The van der Waals surface area contributed by atoms with Crippen LogP contribution in [0, 0.1) is 11.8 Å². The van der Waals surface area contributed by atoms with E-state index in [9.17, 15) is 4.79 Å². The van der Waals surface area contributed by atoms with E-state index in [-0.39, 0.29) is 5.92 Å². The molecule has 0 radical (unpaired) electrons. The van der Waals surface area contributed by atoms with Gasteiger partial charge in [-0.1, -0.05) is 50.5 Å². The van der Waals surface area contributed by atoms with Gasteiger partial charge >= 0.3 is 0 Å². The molecule has 1 aromatic rings. The van der Waals surface area contributed by atoms with Crippen LogP contribution in [0.1, 0.15) is 54.9 Å². The van der Waals surface area contributed by atoms with Crippen LogP contribution in [0.25, 0.3) is 0 Å². The minimum absolute atomic E-state index is 0.243. The Labute approximate surface area is 110 Å². The van der Waals surface area contributed by atoms with Crippen LogP contribution in [0.15, 0.2) is 24.3 Å². The number of ketones is 1. The van der Waals surface area contributed by atoms with Gasteiger partial charge in [0, 0.05) is 18.0 Å². The van der Waals surface area contributed by atoms with Gasteiger partial charge in [-0.05, 0) is 24.3 Å². The molecular weight excluding hydrogens is 222 g/mol. The first-order valence-electron chi connectivity index (χ1n) is 7.07. The highest BCUT2D eigenvalue weighted by atomic mass is 16.1. The summed E-state index contributed by atoms with van der Waals surface area (Å²) in [6.07, 6.45) is 5.85. The van der Waals surface area contributed by atoms with Crippen LogP contribution < -0.4 is 5.73 Å². The third-order valence-electron chi connectivity index (χ3n) is 4.21.